The molecular weight excluding hydrogens is 408 g/mol. The Morgan fingerprint density at radius 3 is 2.41 bits per heavy atom. The van der Waals surface area contributed by atoms with Gasteiger partial charge in [0.15, 0.2) is 0 Å². The molecule has 7 nitrogen and oxygen atoms in total. The zero-order chi connectivity index (χ0) is 21.4. The number of sulfonamides is 1. The second kappa shape index (κ2) is 10.7. The van der Waals surface area contributed by atoms with Crippen LogP contribution in [0.15, 0.2) is 52.8 Å². The molecule has 0 radical (unpaired) electrons. The highest BCUT2D eigenvalue weighted by Gasteiger charge is 2.25. The molecule has 0 aromatic carbocycles. The van der Waals surface area contributed by atoms with Crippen LogP contribution >= 0.6 is 11.8 Å². The van der Waals surface area contributed by atoms with Crippen molar-refractivity contribution in [1.29, 1.82) is 0 Å². The number of carbonyl (C=O) groups excluding carboxylic acids is 1. The number of hydrogen-bond acceptors (Lipinski definition) is 6. The number of pyridine rings is 2. The third-order valence-corrected chi connectivity index (χ3v) is 7.88. The Bertz CT molecular complexity index is 884. The standard InChI is InChI=1S/C20H28N4O3S2/c1-5-24(6-2)29(26,27)17-9-10-18(22-14-17)28-19(15(3)4)20(25)23-13-16-8-7-11-21-12-16/h7-12,14-15,19H,5-6,13H2,1-4H3,(H,23,25). The van der Waals surface area contributed by atoms with Crippen LogP contribution < -0.4 is 5.32 Å². The Labute approximate surface area is 177 Å². The van der Waals surface area contributed by atoms with E-state index in [0.29, 0.717) is 24.7 Å². The topological polar surface area (TPSA) is 92.3 Å². The van der Waals surface area contributed by atoms with Gasteiger partial charge in [0.2, 0.25) is 15.9 Å². The smallest absolute Gasteiger partial charge is 0.244 e. The van der Waals surface area contributed by atoms with Gasteiger partial charge in [-0.3, -0.25) is 9.78 Å². The number of hydrogen-bond donors (Lipinski definition) is 1. The van der Waals surface area contributed by atoms with Gasteiger partial charge in [-0.05, 0) is 29.7 Å². The van der Waals surface area contributed by atoms with Crippen LogP contribution in [0.3, 0.4) is 0 Å². The molecule has 158 valence electrons. The number of rotatable bonds is 10. The Morgan fingerprint density at radius 2 is 1.90 bits per heavy atom. The summed E-state index contributed by atoms with van der Waals surface area (Å²) in [5.41, 5.74) is 0.928. The van der Waals surface area contributed by atoms with Gasteiger partial charge in [0.25, 0.3) is 0 Å². The second-order valence-electron chi connectivity index (χ2n) is 6.78. The first-order valence-electron chi connectivity index (χ1n) is 9.59. The number of aromatic nitrogens is 2. The third kappa shape index (κ3) is 6.25. The molecule has 0 saturated carbocycles. The van der Waals surface area contributed by atoms with Crippen LogP contribution in [0.5, 0.6) is 0 Å². The van der Waals surface area contributed by atoms with E-state index in [0.717, 1.165) is 5.56 Å². The van der Waals surface area contributed by atoms with Gasteiger partial charge in [-0.15, -0.1) is 0 Å². The third-order valence-electron chi connectivity index (χ3n) is 4.35. The zero-order valence-corrected chi connectivity index (χ0v) is 18.8. The van der Waals surface area contributed by atoms with Gasteiger partial charge in [-0.1, -0.05) is 45.5 Å². The highest BCUT2D eigenvalue weighted by molar-refractivity contribution is 8.00. The zero-order valence-electron chi connectivity index (χ0n) is 17.2. The minimum Gasteiger partial charge on any atom is -0.351 e. The van der Waals surface area contributed by atoms with Crippen LogP contribution in [0.25, 0.3) is 0 Å². The molecular formula is C20H28N4O3S2. The van der Waals surface area contributed by atoms with Gasteiger partial charge in [0.05, 0.1) is 10.3 Å². The first kappa shape index (κ1) is 23.3. The van der Waals surface area contributed by atoms with Gasteiger partial charge >= 0.3 is 0 Å². The Morgan fingerprint density at radius 1 is 1.17 bits per heavy atom. The molecule has 2 aromatic rings. The Hall–Kier alpha value is -1.97. The number of amides is 1. The van der Waals surface area contributed by atoms with Crippen LogP contribution in [0.4, 0.5) is 0 Å². The van der Waals surface area contributed by atoms with Crippen molar-refractivity contribution in [1.82, 2.24) is 19.6 Å². The van der Waals surface area contributed by atoms with Crippen LogP contribution in [0.2, 0.25) is 0 Å². The summed E-state index contributed by atoms with van der Waals surface area (Å²) in [6, 6.07) is 6.94. The van der Waals surface area contributed by atoms with Crippen molar-refractivity contribution >= 4 is 27.7 Å². The van der Waals surface area contributed by atoms with Gasteiger partial charge in [0.1, 0.15) is 4.90 Å². The van der Waals surface area contributed by atoms with Crippen molar-refractivity contribution in [3.05, 3.63) is 48.4 Å². The largest absolute Gasteiger partial charge is 0.351 e. The highest BCUT2D eigenvalue weighted by Crippen LogP contribution is 2.28. The number of nitrogens with one attached hydrogen (secondary N) is 1. The molecule has 1 N–H and O–H groups in total. The van der Waals surface area contributed by atoms with Crippen molar-refractivity contribution in [3.8, 4) is 0 Å². The van der Waals surface area contributed by atoms with Crippen molar-refractivity contribution < 1.29 is 13.2 Å². The monoisotopic (exact) mass is 436 g/mol. The van der Waals surface area contributed by atoms with Crippen LogP contribution in [-0.4, -0.2) is 46.9 Å². The first-order chi connectivity index (χ1) is 13.8. The number of nitrogens with zero attached hydrogens (tertiary/aromatic N) is 3. The molecule has 2 aromatic heterocycles. The Kier molecular flexibility index (Phi) is 8.60. The van der Waals surface area contributed by atoms with Crippen LogP contribution in [0, 0.1) is 5.92 Å². The lowest BCUT2D eigenvalue weighted by Gasteiger charge is -2.20. The summed E-state index contributed by atoms with van der Waals surface area (Å²) in [4.78, 5) is 21.2. The maximum Gasteiger partial charge on any atom is 0.244 e. The fourth-order valence-electron chi connectivity index (χ4n) is 2.72. The predicted molar refractivity (Wildman–Crippen MR) is 115 cm³/mol. The van der Waals surface area contributed by atoms with Gasteiger partial charge < -0.3 is 5.32 Å². The quantitative estimate of drug-likeness (QED) is 0.576. The summed E-state index contributed by atoms with van der Waals surface area (Å²) in [7, 11) is -3.54. The van der Waals surface area contributed by atoms with Crippen LogP contribution in [0.1, 0.15) is 33.3 Å². The minimum atomic E-state index is -3.54. The van der Waals surface area contributed by atoms with Gasteiger partial charge in [0, 0.05) is 38.2 Å². The minimum absolute atomic E-state index is 0.0785. The van der Waals surface area contributed by atoms with Gasteiger partial charge in [-0.2, -0.15) is 4.31 Å². The van der Waals surface area contributed by atoms with E-state index in [1.807, 2.05) is 26.0 Å². The summed E-state index contributed by atoms with van der Waals surface area (Å²) in [5, 5.41) is 3.20. The van der Waals surface area contributed by atoms with E-state index in [1.54, 1.807) is 38.4 Å². The average Bonchev–Trinajstić information content (AvgIpc) is 2.72. The van der Waals surface area contributed by atoms with E-state index in [1.165, 1.54) is 22.3 Å². The molecule has 29 heavy (non-hydrogen) atoms. The van der Waals surface area contributed by atoms with Crippen molar-refractivity contribution in [2.45, 2.75) is 49.4 Å². The molecule has 0 bridgehead atoms. The van der Waals surface area contributed by atoms with E-state index < -0.39 is 10.0 Å². The van der Waals surface area contributed by atoms with Crippen LogP contribution in [-0.2, 0) is 21.4 Å². The summed E-state index contributed by atoms with van der Waals surface area (Å²) >= 11 is 1.33. The normalized spacial score (nSPS) is 12.9. The van der Waals surface area contributed by atoms with Gasteiger partial charge in [-0.25, -0.2) is 13.4 Å². The fourth-order valence-corrected chi connectivity index (χ4v) is 5.10. The molecule has 9 heteroatoms. The first-order valence-corrected chi connectivity index (χ1v) is 11.9. The van der Waals surface area contributed by atoms with E-state index in [-0.39, 0.29) is 22.0 Å². The molecule has 1 unspecified atom stereocenters. The number of thioether (sulfide) groups is 1. The molecule has 0 aliphatic carbocycles. The van der Waals surface area contributed by atoms with Crippen molar-refractivity contribution in [2.24, 2.45) is 5.92 Å². The molecule has 0 saturated heterocycles. The molecule has 0 aliphatic rings. The summed E-state index contributed by atoms with van der Waals surface area (Å²) in [5.74, 6) is -0.00901. The van der Waals surface area contributed by atoms with E-state index >= 15 is 0 Å². The maximum atomic E-state index is 12.7. The Balaban J connectivity index is 2.07. The lowest BCUT2D eigenvalue weighted by Crippen LogP contribution is -2.35. The lowest BCUT2D eigenvalue weighted by atomic mass is 10.1. The summed E-state index contributed by atoms with van der Waals surface area (Å²) in [6.07, 6.45) is 4.77. The molecule has 0 fully saturated rings. The SMILES string of the molecule is CCN(CC)S(=O)(=O)c1ccc(SC(C(=O)NCc2cccnc2)C(C)C)nc1. The van der Waals surface area contributed by atoms with Crippen molar-refractivity contribution in [3.63, 3.8) is 0 Å². The predicted octanol–water partition coefficient (Wildman–Crippen LogP) is 2.94. The van der Waals surface area contributed by atoms with E-state index in [4.69, 9.17) is 0 Å². The molecule has 0 aliphatic heterocycles. The molecule has 1 amide bonds. The lowest BCUT2D eigenvalue weighted by molar-refractivity contribution is -0.121. The maximum absolute atomic E-state index is 12.7. The molecule has 2 rings (SSSR count). The van der Waals surface area contributed by atoms with Crippen molar-refractivity contribution in [2.75, 3.05) is 13.1 Å². The molecule has 1 atom stereocenters. The fraction of sp³-hybridized carbons (Fsp3) is 0.450. The summed E-state index contributed by atoms with van der Waals surface area (Å²) < 4.78 is 26.5. The summed E-state index contributed by atoms with van der Waals surface area (Å²) in [6.45, 7) is 8.77. The highest BCUT2D eigenvalue weighted by atomic mass is 32.2. The second-order valence-corrected chi connectivity index (χ2v) is 9.88. The van der Waals surface area contributed by atoms with E-state index in [2.05, 4.69) is 15.3 Å². The van der Waals surface area contributed by atoms with E-state index in [9.17, 15) is 13.2 Å². The number of carbonyl (C=O) groups is 1. The molecule has 2 heterocycles. The average molecular weight is 437 g/mol. The molecule has 0 spiro atoms.